The number of benzene rings is 2. The monoisotopic (exact) mass is 396 g/mol. The minimum Gasteiger partial charge on any atom is -0.566 e. The summed E-state index contributed by atoms with van der Waals surface area (Å²) in [5.74, 6) is -0.470. The highest BCUT2D eigenvalue weighted by Crippen LogP contribution is 2.37. The molecule has 0 aliphatic heterocycles. The summed E-state index contributed by atoms with van der Waals surface area (Å²) in [6.45, 7) is -0.124. The van der Waals surface area contributed by atoms with Crippen LogP contribution in [0.15, 0.2) is 36.4 Å². The van der Waals surface area contributed by atoms with Gasteiger partial charge in [-0.25, -0.2) is 0 Å². The van der Waals surface area contributed by atoms with Crippen LogP contribution in [0, 0.1) is 0 Å². The first-order valence-corrected chi connectivity index (χ1v) is 8.66. The van der Waals surface area contributed by atoms with Gasteiger partial charge in [0.25, 0.3) is 0 Å². The second kappa shape index (κ2) is 7.94. The number of halogens is 4. The van der Waals surface area contributed by atoms with Gasteiger partial charge in [-0.05, 0) is 40.0 Å². The fourth-order valence-electron chi connectivity index (χ4n) is 2.05. The first kappa shape index (κ1) is 18.0. The molecule has 0 radical (unpaired) electrons. The molecule has 0 fully saturated rings. The molecule has 0 saturated heterocycles. The fraction of sp³-hybridized carbons (Fsp3) is 0.143. The number of hydrogen-bond donors (Lipinski definition) is 0. The van der Waals surface area contributed by atoms with Gasteiger partial charge in [-0.3, -0.25) is 0 Å². The zero-order valence-electron chi connectivity index (χ0n) is 10.9. The predicted molar refractivity (Wildman–Crippen MR) is 88.3 cm³/mol. The molecule has 2 aromatic carbocycles. The smallest absolute Gasteiger partial charge is 0.488 e. The lowest BCUT2D eigenvalue weighted by Crippen LogP contribution is -2.10. The molecule has 2 aromatic rings. The minimum absolute atomic E-state index is 0.124. The van der Waals surface area contributed by atoms with Crippen LogP contribution in [0.2, 0.25) is 20.1 Å². The van der Waals surface area contributed by atoms with E-state index in [-0.39, 0.29) is 6.61 Å². The molecule has 0 N–H and O–H groups in total. The molecule has 2 rings (SSSR count). The van der Waals surface area contributed by atoms with Crippen molar-refractivity contribution in [2.45, 2.75) is 5.92 Å². The van der Waals surface area contributed by atoms with E-state index in [2.05, 4.69) is 0 Å². The number of rotatable bonds is 5. The van der Waals surface area contributed by atoms with E-state index in [1.165, 1.54) is 0 Å². The van der Waals surface area contributed by atoms with Crippen molar-refractivity contribution >= 4 is 54.7 Å². The molecule has 116 valence electrons. The first-order valence-electron chi connectivity index (χ1n) is 6.05. The Bertz CT molecular complexity index is 657. The molecule has 0 aromatic heterocycles. The van der Waals surface area contributed by atoms with E-state index in [0.717, 1.165) is 0 Å². The Kier molecular flexibility index (Phi) is 6.48. The third-order valence-electron chi connectivity index (χ3n) is 3.02. The topological polar surface area (TPSA) is 49.4 Å². The molecule has 0 heterocycles. The van der Waals surface area contributed by atoms with Gasteiger partial charge < -0.3 is 4.89 Å². The molecule has 22 heavy (non-hydrogen) atoms. The zero-order valence-corrected chi connectivity index (χ0v) is 14.9. The van der Waals surface area contributed by atoms with E-state index in [9.17, 15) is 9.46 Å². The van der Waals surface area contributed by atoms with Gasteiger partial charge in [0.15, 0.2) is 0 Å². The van der Waals surface area contributed by atoms with E-state index in [1.807, 2.05) is 0 Å². The molecular weight excluding hydrogens is 389 g/mol. The van der Waals surface area contributed by atoms with Gasteiger partial charge in [0, 0.05) is 26.0 Å². The van der Waals surface area contributed by atoms with Gasteiger partial charge >= 0.3 is 8.25 Å². The van der Waals surface area contributed by atoms with Crippen LogP contribution in [0.25, 0.3) is 0 Å². The summed E-state index contributed by atoms with van der Waals surface area (Å²) in [7, 11) is -2.98. The summed E-state index contributed by atoms with van der Waals surface area (Å²) in [4.78, 5) is 10.8. The Morgan fingerprint density at radius 2 is 1.41 bits per heavy atom. The summed E-state index contributed by atoms with van der Waals surface area (Å²) < 4.78 is 15.5. The second-order valence-electron chi connectivity index (χ2n) is 4.40. The molecule has 0 bridgehead atoms. The van der Waals surface area contributed by atoms with Crippen molar-refractivity contribution in [3.8, 4) is 0 Å². The second-order valence-corrected chi connectivity index (χ2v) is 6.80. The van der Waals surface area contributed by atoms with Crippen molar-refractivity contribution in [2.75, 3.05) is 6.61 Å². The average Bonchev–Trinajstić information content (AvgIpc) is 2.42. The molecule has 8 heteroatoms. The van der Waals surface area contributed by atoms with Crippen molar-refractivity contribution < 1.29 is 14.0 Å². The predicted octanol–water partition coefficient (Wildman–Crippen LogP) is 5.47. The summed E-state index contributed by atoms with van der Waals surface area (Å²) in [5, 5.41) is 1.75. The lowest BCUT2D eigenvalue weighted by atomic mass is 9.92. The average molecular weight is 398 g/mol. The molecular formula is C14H9Cl4O3P. The van der Waals surface area contributed by atoms with E-state index >= 15 is 0 Å². The fourth-order valence-corrected chi connectivity index (χ4v) is 3.40. The van der Waals surface area contributed by atoms with Gasteiger partial charge in [-0.15, -0.1) is 4.52 Å². The lowest BCUT2D eigenvalue weighted by molar-refractivity contribution is -0.185. The van der Waals surface area contributed by atoms with Crippen molar-refractivity contribution in [3.05, 3.63) is 67.6 Å². The first-order chi connectivity index (χ1) is 10.4. The molecule has 1 unspecified atom stereocenters. The van der Waals surface area contributed by atoms with Crippen molar-refractivity contribution in [2.24, 2.45) is 0 Å². The van der Waals surface area contributed by atoms with Crippen LogP contribution in [-0.4, -0.2) is 6.61 Å². The molecule has 3 nitrogen and oxygen atoms in total. The summed E-state index contributed by atoms with van der Waals surface area (Å²) in [6.07, 6.45) is 0. The normalized spacial score (nSPS) is 11.8. The van der Waals surface area contributed by atoms with Gasteiger partial charge in [0.1, 0.15) is 6.61 Å². The largest absolute Gasteiger partial charge is 0.566 e. The maximum Gasteiger partial charge on any atom is 0.488 e. The number of hydrogen-bond acceptors (Lipinski definition) is 3. The van der Waals surface area contributed by atoms with Crippen molar-refractivity contribution in [3.63, 3.8) is 0 Å². The van der Waals surface area contributed by atoms with Crippen LogP contribution in [0.3, 0.4) is 0 Å². The van der Waals surface area contributed by atoms with Crippen LogP contribution in [0.4, 0.5) is 0 Å². The lowest BCUT2D eigenvalue weighted by Gasteiger charge is -2.18. The molecule has 0 aliphatic rings. The quantitative estimate of drug-likeness (QED) is 0.628. The zero-order chi connectivity index (χ0) is 16.3. The van der Waals surface area contributed by atoms with Gasteiger partial charge in [-0.2, -0.15) is 0 Å². The molecule has 0 spiro atoms. The Hall–Kier alpha value is -0.380. The highest BCUT2D eigenvalue weighted by atomic mass is 35.5. The third-order valence-corrected chi connectivity index (χ3v) is 4.51. The maximum absolute atomic E-state index is 10.8. The maximum atomic E-state index is 10.8. The molecule has 1 atom stereocenters. The van der Waals surface area contributed by atoms with E-state index in [0.29, 0.717) is 31.2 Å². The highest BCUT2D eigenvalue weighted by molar-refractivity contribution is 7.30. The van der Waals surface area contributed by atoms with E-state index in [1.54, 1.807) is 36.4 Å². The van der Waals surface area contributed by atoms with Crippen LogP contribution in [0.1, 0.15) is 17.0 Å². The molecule has 0 aliphatic carbocycles. The van der Waals surface area contributed by atoms with E-state index < -0.39 is 14.2 Å². The SMILES string of the molecule is O=[P+]([O-])OCC(c1ccc(Cl)cc1Cl)c1ccc(Cl)cc1Cl. The Balaban J connectivity index is 2.48. The van der Waals surface area contributed by atoms with Crippen LogP contribution in [0.5, 0.6) is 0 Å². The summed E-state index contributed by atoms with van der Waals surface area (Å²) in [6, 6.07) is 9.90. The van der Waals surface area contributed by atoms with Crippen LogP contribution in [-0.2, 0) is 9.09 Å². The van der Waals surface area contributed by atoms with Crippen molar-refractivity contribution in [1.82, 2.24) is 0 Å². The minimum atomic E-state index is -2.98. The highest BCUT2D eigenvalue weighted by Gasteiger charge is 2.23. The van der Waals surface area contributed by atoms with Crippen molar-refractivity contribution in [1.29, 1.82) is 0 Å². The van der Waals surface area contributed by atoms with Crippen LogP contribution < -0.4 is 4.89 Å². The standard InChI is InChI=1S/C14H9Cl4O3P/c15-8-1-3-10(13(17)5-8)12(7-21-22(19)20)11-4-2-9(16)6-14(11)18/h1-6,12H,7H2. The molecule has 0 amide bonds. The van der Waals surface area contributed by atoms with Gasteiger partial charge in [-0.1, -0.05) is 58.5 Å². The third kappa shape index (κ3) is 4.56. The Morgan fingerprint density at radius 3 is 1.77 bits per heavy atom. The summed E-state index contributed by atoms with van der Waals surface area (Å²) >= 11 is 24.2. The Morgan fingerprint density at radius 1 is 0.955 bits per heavy atom. The molecule has 0 saturated carbocycles. The van der Waals surface area contributed by atoms with Crippen LogP contribution >= 0.6 is 54.7 Å². The Labute approximate surface area is 148 Å². The summed E-state index contributed by atoms with van der Waals surface area (Å²) in [5.41, 5.74) is 1.32. The van der Waals surface area contributed by atoms with Gasteiger partial charge in [0.2, 0.25) is 0 Å². The van der Waals surface area contributed by atoms with E-state index in [4.69, 9.17) is 50.9 Å². The van der Waals surface area contributed by atoms with Gasteiger partial charge in [0.05, 0.1) is 0 Å².